The van der Waals surface area contributed by atoms with Crippen LogP contribution in [0.2, 0.25) is 0 Å². The molecule has 0 aromatic heterocycles. The molecule has 2 nitrogen and oxygen atoms in total. The van der Waals surface area contributed by atoms with Crippen molar-refractivity contribution in [1.82, 2.24) is 9.96 Å². The van der Waals surface area contributed by atoms with Gasteiger partial charge in [0.15, 0.2) is 0 Å². The minimum absolute atomic E-state index is 0.624. The summed E-state index contributed by atoms with van der Waals surface area (Å²) in [7, 11) is -1.07. The van der Waals surface area contributed by atoms with Crippen LogP contribution in [0.15, 0.2) is 11.8 Å². The minimum Gasteiger partial charge on any atom is -0.322 e. The molecule has 0 amide bonds. The summed E-state index contributed by atoms with van der Waals surface area (Å²) in [6, 6.07) is 1.25. The van der Waals surface area contributed by atoms with E-state index in [1.807, 2.05) is 0 Å². The molecule has 3 heteroatoms. The highest BCUT2D eigenvalue weighted by atomic mass is 28.3. The summed E-state index contributed by atoms with van der Waals surface area (Å²) in [5, 5.41) is 0. The van der Waals surface area contributed by atoms with Gasteiger partial charge in [0.05, 0.1) is 0 Å². The minimum atomic E-state index is -1.07. The topological polar surface area (TPSA) is 24.1 Å². The molecule has 2 N–H and O–H groups in total. The molecule has 0 saturated heterocycles. The first-order chi connectivity index (χ1) is 6.63. The fraction of sp³-hybridized carbons (Fsp3) is 0.818. The molecule has 0 fully saturated rings. The van der Waals surface area contributed by atoms with Crippen molar-refractivity contribution in [2.75, 3.05) is 0 Å². The van der Waals surface area contributed by atoms with E-state index in [2.05, 4.69) is 56.4 Å². The second kappa shape index (κ2) is 8.21. The van der Waals surface area contributed by atoms with Crippen LogP contribution in [-0.2, 0) is 0 Å². The van der Waals surface area contributed by atoms with Crippen LogP contribution in [-0.4, -0.2) is 21.2 Å². The van der Waals surface area contributed by atoms with Crippen LogP contribution in [0.3, 0.4) is 0 Å². The quantitative estimate of drug-likeness (QED) is 0.634. The van der Waals surface area contributed by atoms with E-state index in [0.29, 0.717) is 12.1 Å². The second-order valence-electron chi connectivity index (χ2n) is 3.96. The lowest BCUT2D eigenvalue weighted by Gasteiger charge is -2.22. The summed E-state index contributed by atoms with van der Waals surface area (Å²) in [4.78, 5) is 7.35. The van der Waals surface area contributed by atoms with E-state index in [1.54, 1.807) is 0 Å². The lowest BCUT2D eigenvalue weighted by molar-refractivity contribution is 0.606. The van der Waals surface area contributed by atoms with Gasteiger partial charge in [0.2, 0.25) is 9.12 Å². The summed E-state index contributed by atoms with van der Waals surface area (Å²) < 4.78 is 0. The Balaban J connectivity index is 4.01. The molecule has 0 saturated carbocycles. The standard InChI is InChI=1S/C11H26N2Si/c1-6-9-14(12-10(4)7-2)13-11(5)8-3/h6,9-14H,7-8H2,1-5H3. The largest absolute Gasteiger partial charge is 0.322 e. The summed E-state index contributed by atoms with van der Waals surface area (Å²) in [6.07, 6.45) is 4.55. The second-order valence-corrected chi connectivity index (χ2v) is 5.96. The van der Waals surface area contributed by atoms with Crippen molar-refractivity contribution in [2.24, 2.45) is 0 Å². The van der Waals surface area contributed by atoms with Gasteiger partial charge in [0, 0.05) is 0 Å². The maximum atomic E-state index is 3.67. The van der Waals surface area contributed by atoms with Crippen molar-refractivity contribution < 1.29 is 0 Å². The fourth-order valence-corrected chi connectivity index (χ4v) is 3.60. The van der Waals surface area contributed by atoms with E-state index in [4.69, 9.17) is 0 Å². The number of rotatable bonds is 7. The van der Waals surface area contributed by atoms with Crippen molar-refractivity contribution in [1.29, 1.82) is 0 Å². The average Bonchev–Trinajstić information content (AvgIpc) is 2.17. The van der Waals surface area contributed by atoms with Gasteiger partial charge in [-0.15, -0.1) is 0 Å². The first-order valence-corrected chi connectivity index (χ1v) is 7.61. The fourth-order valence-electron chi connectivity index (χ4n) is 1.20. The molecule has 0 aromatic carbocycles. The molecule has 0 aliphatic heterocycles. The third-order valence-corrected chi connectivity index (χ3v) is 5.16. The molecule has 0 heterocycles. The van der Waals surface area contributed by atoms with Gasteiger partial charge in [-0.25, -0.2) is 0 Å². The number of allylic oxidation sites excluding steroid dienone is 1. The van der Waals surface area contributed by atoms with Gasteiger partial charge < -0.3 is 9.96 Å². The Kier molecular flexibility index (Phi) is 8.13. The maximum absolute atomic E-state index is 3.67. The van der Waals surface area contributed by atoms with Crippen molar-refractivity contribution in [3.05, 3.63) is 11.8 Å². The van der Waals surface area contributed by atoms with Crippen LogP contribution in [0.1, 0.15) is 47.5 Å². The lowest BCUT2D eigenvalue weighted by Crippen LogP contribution is -2.52. The van der Waals surface area contributed by atoms with Gasteiger partial charge in [-0.05, 0) is 31.8 Å². The molecule has 84 valence electrons. The first-order valence-electron chi connectivity index (χ1n) is 5.78. The summed E-state index contributed by atoms with van der Waals surface area (Å²) in [6.45, 7) is 11.0. The van der Waals surface area contributed by atoms with Gasteiger partial charge in [-0.2, -0.15) is 0 Å². The zero-order valence-corrected chi connectivity index (χ0v) is 11.5. The van der Waals surface area contributed by atoms with Gasteiger partial charge in [0.1, 0.15) is 0 Å². The molecule has 0 aliphatic carbocycles. The van der Waals surface area contributed by atoms with Crippen LogP contribution < -0.4 is 9.96 Å². The highest BCUT2D eigenvalue weighted by Crippen LogP contribution is 1.93. The van der Waals surface area contributed by atoms with E-state index in [0.717, 1.165) is 0 Å². The van der Waals surface area contributed by atoms with Crippen LogP contribution in [0, 0.1) is 0 Å². The summed E-state index contributed by atoms with van der Waals surface area (Å²) in [5.41, 5.74) is 2.32. The Hall–Kier alpha value is -0.123. The van der Waals surface area contributed by atoms with E-state index in [-0.39, 0.29) is 0 Å². The van der Waals surface area contributed by atoms with E-state index in [1.165, 1.54) is 12.8 Å². The predicted molar refractivity (Wildman–Crippen MR) is 67.7 cm³/mol. The van der Waals surface area contributed by atoms with Crippen LogP contribution in [0.4, 0.5) is 0 Å². The SMILES string of the molecule is CC=C[SiH](NC(C)CC)NC(C)CC. The Bertz CT molecular complexity index is 147. The van der Waals surface area contributed by atoms with Gasteiger partial charge >= 0.3 is 0 Å². The molecule has 2 unspecified atom stereocenters. The smallest absolute Gasteiger partial charge is 0.210 e. The third-order valence-electron chi connectivity index (χ3n) is 2.54. The molecule has 0 bridgehead atoms. The predicted octanol–water partition coefficient (Wildman–Crippen LogP) is 2.10. The molecule has 0 spiro atoms. The zero-order chi connectivity index (χ0) is 11.0. The lowest BCUT2D eigenvalue weighted by atomic mass is 10.3. The Morgan fingerprint density at radius 1 is 1.07 bits per heavy atom. The summed E-state index contributed by atoms with van der Waals surface area (Å²) >= 11 is 0. The Labute approximate surface area is 90.9 Å². The molecule has 0 aliphatic rings. The van der Waals surface area contributed by atoms with Crippen LogP contribution in [0.25, 0.3) is 0 Å². The van der Waals surface area contributed by atoms with Crippen molar-refractivity contribution in [3.8, 4) is 0 Å². The molecule has 0 radical (unpaired) electrons. The number of nitrogens with one attached hydrogen (secondary N) is 2. The Morgan fingerprint density at radius 3 is 1.79 bits per heavy atom. The van der Waals surface area contributed by atoms with Crippen molar-refractivity contribution in [2.45, 2.75) is 59.5 Å². The van der Waals surface area contributed by atoms with Crippen molar-refractivity contribution >= 4 is 9.12 Å². The van der Waals surface area contributed by atoms with Gasteiger partial charge in [-0.1, -0.05) is 39.5 Å². The molecule has 0 rings (SSSR count). The van der Waals surface area contributed by atoms with Crippen molar-refractivity contribution in [3.63, 3.8) is 0 Å². The Morgan fingerprint density at radius 2 is 1.50 bits per heavy atom. The highest BCUT2D eigenvalue weighted by Gasteiger charge is 2.11. The monoisotopic (exact) mass is 214 g/mol. The normalized spacial score (nSPS) is 18.4. The number of hydrogen-bond donors (Lipinski definition) is 2. The summed E-state index contributed by atoms with van der Waals surface area (Å²) in [5.74, 6) is 0. The molecular formula is C11H26N2Si. The van der Waals surface area contributed by atoms with Crippen LogP contribution in [0.5, 0.6) is 0 Å². The first kappa shape index (κ1) is 13.9. The van der Waals surface area contributed by atoms with E-state index in [9.17, 15) is 0 Å². The zero-order valence-electron chi connectivity index (χ0n) is 10.3. The average molecular weight is 214 g/mol. The maximum Gasteiger partial charge on any atom is 0.210 e. The third kappa shape index (κ3) is 6.35. The molecular weight excluding hydrogens is 188 g/mol. The number of hydrogen-bond acceptors (Lipinski definition) is 2. The van der Waals surface area contributed by atoms with E-state index < -0.39 is 9.12 Å². The molecule has 14 heavy (non-hydrogen) atoms. The highest BCUT2D eigenvalue weighted by molar-refractivity contribution is 6.59. The molecule has 0 aromatic rings. The van der Waals surface area contributed by atoms with Crippen LogP contribution >= 0.6 is 0 Å². The van der Waals surface area contributed by atoms with Gasteiger partial charge in [0.25, 0.3) is 0 Å². The van der Waals surface area contributed by atoms with E-state index >= 15 is 0 Å². The van der Waals surface area contributed by atoms with Gasteiger partial charge in [-0.3, -0.25) is 0 Å². The molecule has 2 atom stereocenters.